The predicted molar refractivity (Wildman–Crippen MR) is 64.9 cm³/mol. The highest BCUT2D eigenvalue weighted by Crippen LogP contribution is 1.92. The summed E-state index contributed by atoms with van der Waals surface area (Å²) in [4.78, 5) is 10.5. The van der Waals surface area contributed by atoms with Crippen LogP contribution in [-0.4, -0.2) is 43.4 Å². The van der Waals surface area contributed by atoms with Crippen LogP contribution in [0.15, 0.2) is 0 Å². The van der Waals surface area contributed by atoms with Crippen LogP contribution < -0.4 is 0 Å². The average molecular weight is 326 g/mol. The Balaban J connectivity index is 2.93. The minimum atomic E-state index is 0.108. The van der Waals surface area contributed by atoms with Crippen molar-refractivity contribution >= 4 is 26.4 Å². The number of rotatable bonds is 10. The average Bonchev–Trinajstić information content (AvgIpc) is 2.20. The minimum Gasteiger partial charge on any atom is -0.379 e. The Morgan fingerprint density at radius 1 is 1.07 bits per heavy atom. The second kappa shape index (κ2) is 11.9. The number of carbonyl (C=O) groups is 1. The van der Waals surface area contributed by atoms with E-state index in [0.29, 0.717) is 46.1 Å². The van der Waals surface area contributed by atoms with Crippen molar-refractivity contribution in [3.05, 3.63) is 0 Å². The van der Waals surface area contributed by atoms with Gasteiger partial charge in [-0.05, 0) is 22.6 Å². The first-order valence-corrected chi connectivity index (χ1v) is 5.70. The zero-order valence-corrected chi connectivity index (χ0v) is 10.7. The number of hydrogen-bond donors (Lipinski definition) is 0. The summed E-state index contributed by atoms with van der Waals surface area (Å²) in [6.07, 6.45) is 5.43. The Morgan fingerprint density at radius 2 is 1.60 bits per heavy atom. The Labute approximate surface area is 104 Å². The summed E-state index contributed by atoms with van der Waals surface area (Å²) >= 11 is 1.75. The molecular formula is C10H15IO4. The SMILES string of the molecule is C#CCOCCOCCOCCC(=O)I. The van der Waals surface area contributed by atoms with E-state index >= 15 is 0 Å². The lowest BCUT2D eigenvalue weighted by Gasteiger charge is -2.04. The third-order valence-corrected chi connectivity index (χ3v) is 1.91. The fraction of sp³-hybridized carbons (Fsp3) is 0.700. The van der Waals surface area contributed by atoms with E-state index in [4.69, 9.17) is 20.6 Å². The first kappa shape index (κ1) is 14.8. The van der Waals surface area contributed by atoms with Gasteiger partial charge in [-0.15, -0.1) is 6.42 Å². The van der Waals surface area contributed by atoms with E-state index < -0.39 is 0 Å². The van der Waals surface area contributed by atoms with E-state index in [1.807, 2.05) is 0 Å². The molecule has 4 nitrogen and oxygen atoms in total. The van der Waals surface area contributed by atoms with Crippen LogP contribution in [-0.2, 0) is 19.0 Å². The van der Waals surface area contributed by atoms with Crippen molar-refractivity contribution in [3.63, 3.8) is 0 Å². The zero-order valence-electron chi connectivity index (χ0n) is 8.54. The zero-order chi connectivity index (χ0) is 11.4. The highest BCUT2D eigenvalue weighted by molar-refractivity contribution is 14.1. The summed E-state index contributed by atoms with van der Waals surface area (Å²) in [7, 11) is 0. The Hall–Kier alpha value is -0.160. The molecule has 0 saturated carbocycles. The normalized spacial score (nSPS) is 9.87. The molecule has 0 spiro atoms. The third kappa shape index (κ3) is 13.8. The fourth-order valence-electron chi connectivity index (χ4n) is 0.723. The quantitative estimate of drug-likeness (QED) is 0.260. The lowest BCUT2D eigenvalue weighted by Crippen LogP contribution is -2.10. The summed E-state index contributed by atoms with van der Waals surface area (Å²) in [5.74, 6) is 2.36. The van der Waals surface area contributed by atoms with Gasteiger partial charge >= 0.3 is 0 Å². The molecule has 0 rings (SSSR count). The second-order valence-corrected chi connectivity index (χ2v) is 3.79. The van der Waals surface area contributed by atoms with E-state index in [1.165, 1.54) is 0 Å². The van der Waals surface area contributed by atoms with E-state index in [0.717, 1.165) is 0 Å². The van der Waals surface area contributed by atoms with Crippen molar-refractivity contribution in [3.8, 4) is 12.3 Å². The molecule has 0 heterocycles. The van der Waals surface area contributed by atoms with Crippen molar-refractivity contribution in [2.24, 2.45) is 0 Å². The van der Waals surface area contributed by atoms with Crippen LogP contribution in [0.4, 0.5) is 0 Å². The largest absolute Gasteiger partial charge is 0.379 e. The molecule has 0 aromatic heterocycles. The second-order valence-electron chi connectivity index (χ2n) is 2.59. The summed E-state index contributed by atoms with van der Waals surface area (Å²) in [6.45, 7) is 2.79. The smallest absolute Gasteiger partial charge is 0.194 e. The Bertz CT molecular complexity index is 200. The molecule has 15 heavy (non-hydrogen) atoms. The van der Waals surface area contributed by atoms with Gasteiger partial charge in [0.05, 0.1) is 33.0 Å². The van der Waals surface area contributed by atoms with Crippen molar-refractivity contribution in [1.82, 2.24) is 0 Å². The van der Waals surface area contributed by atoms with Gasteiger partial charge < -0.3 is 14.2 Å². The standard InChI is InChI=1S/C10H15IO4/c1-2-4-13-6-8-15-9-7-14-5-3-10(11)12/h1H,3-9H2. The Morgan fingerprint density at radius 3 is 2.13 bits per heavy atom. The van der Waals surface area contributed by atoms with Gasteiger partial charge in [0.25, 0.3) is 0 Å². The summed E-state index contributed by atoms with van der Waals surface area (Å²) in [5.41, 5.74) is 0. The summed E-state index contributed by atoms with van der Waals surface area (Å²) in [5, 5.41) is 0. The van der Waals surface area contributed by atoms with Gasteiger partial charge in [0, 0.05) is 6.42 Å². The first-order valence-electron chi connectivity index (χ1n) is 4.62. The highest BCUT2D eigenvalue weighted by atomic mass is 127. The molecule has 0 aromatic rings. The van der Waals surface area contributed by atoms with Gasteiger partial charge in [0.1, 0.15) is 6.61 Å². The predicted octanol–water partition coefficient (Wildman–Crippen LogP) is 1.02. The molecule has 0 saturated heterocycles. The van der Waals surface area contributed by atoms with Crippen LogP contribution in [0.3, 0.4) is 0 Å². The highest BCUT2D eigenvalue weighted by Gasteiger charge is 1.95. The summed E-state index contributed by atoms with van der Waals surface area (Å²) in [6, 6.07) is 0. The molecule has 5 heteroatoms. The van der Waals surface area contributed by atoms with Crippen LogP contribution in [0.1, 0.15) is 6.42 Å². The maximum Gasteiger partial charge on any atom is 0.194 e. The van der Waals surface area contributed by atoms with Crippen LogP contribution in [0.2, 0.25) is 0 Å². The van der Waals surface area contributed by atoms with Crippen molar-refractivity contribution in [2.45, 2.75) is 6.42 Å². The first-order chi connectivity index (χ1) is 7.27. The van der Waals surface area contributed by atoms with E-state index in [2.05, 4.69) is 5.92 Å². The molecule has 0 N–H and O–H groups in total. The van der Waals surface area contributed by atoms with Gasteiger partial charge in [-0.1, -0.05) is 5.92 Å². The van der Waals surface area contributed by atoms with E-state index in [1.54, 1.807) is 22.6 Å². The van der Waals surface area contributed by atoms with Crippen LogP contribution in [0.25, 0.3) is 0 Å². The molecule has 86 valence electrons. The van der Waals surface area contributed by atoms with Crippen LogP contribution >= 0.6 is 22.6 Å². The molecule has 0 bridgehead atoms. The van der Waals surface area contributed by atoms with Gasteiger partial charge in [-0.25, -0.2) is 0 Å². The number of hydrogen-bond acceptors (Lipinski definition) is 4. The molecular weight excluding hydrogens is 311 g/mol. The summed E-state index contributed by atoms with van der Waals surface area (Å²) < 4.78 is 15.4. The fourth-order valence-corrected chi connectivity index (χ4v) is 0.944. The molecule has 0 radical (unpaired) electrons. The van der Waals surface area contributed by atoms with Crippen molar-refractivity contribution in [1.29, 1.82) is 0 Å². The van der Waals surface area contributed by atoms with Gasteiger partial charge in [-0.2, -0.15) is 0 Å². The van der Waals surface area contributed by atoms with Crippen molar-refractivity contribution in [2.75, 3.05) is 39.6 Å². The minimum absolute atomic E-state index is 0.108. The number of ether oxygens (including phenoxy) is 3. The van der Waals surface area contributed by atoms with Crippen LogP contribution in [0, 0.1) is 12.3 Å². The lowest BCUT2D eigenvalue weighted by molar-refractivity contribution is -0.110. The van der Waals surface area contributed by atoms with Crippen LogP contribution in [0.5, 0.6) is 0 Å². The molecule has 0 atom stereocenters. The maximum atomic E-state index is 10.5. The lowest BCUT2D eigenvalue weighted by atomic mass is 10.5. The molecule has 0 fully saturated rings. The maximum absolute atomic E-state index is 10.5. The van der Waals surface area contributed by atoms with Crippen molar-refractivity contribution < 1.29 is 19.0 Å². The number of halogens is 1. The topological polar surface area (TPSA) is 44.8 Å². The monoisotopic (exact) mass is 326 g/mol. The molecule has 0 amide bonds. The van der Waals surface area contributed by atoms with E-state index in [9.17, 15) is 4.79 Å². The van der Waals surface area contributed by atoms with Gasteiger partial charge in [0.15, 0.2) is 3.79 Å². The molecule has 0 aromatic carbocycles. The molecule has 0 aliphatic heterocycles. The third-order valence-electron chi connectivity index (χ3n) is 1.37. The molecule has 0 aliphatic rings. The number of carbonyl (C=O) groups excluding carboxylic acids is 1. The Kier molecular flexibility index (Phi) is 11.8. The van der Waals surface area contributed by atoms with E-state index in [-0.39, 0.29) is 3.79 Å². The van der Waals surface area contributed by atoms with Gasteiger partial charge in [-0.3, -0.25) is 4.79 Å². The molecule has 0 aliphatic carbocycles. The van der Waals surface area contributed by atoms with Gasteiger partial charge in [0.2, 0.25) is 0 Å². The number of terminal acetylenes is 1. The molecule has 0 unspecified atom stereocenters.